The van der Waals surface area contributed by atoms with Crippen LogP contribution in [0.2, 0.25) is 5.02 Å². The van der Waals surface area contributed by atoms with Crippen molar-refractivity contribution < 1.29 is 124 Å². The highest BCUT2D eigenvalue weighted by atomic mass is 35.5. The van der Waals surface area contributed by atoms with E-state index in [0.717, 1.165) is 34.9 Å². The molecule has 0 N–H and O–H groups in total. The molecular formula is C63H53ClF24O4. The van der Waals surface area contributed by atoms with Gasteiger partial charge in [-0.15, -0.1) is 13.2 Å². The monoisotopic (exact) mass is 1360 g/mol. The lowest BCUT2D eigenvalue weighted by atomic mass is 10.1. The zero-order valence-corrected chi connectivity index (χ0v) is 49.6. The van der Waals surface area contributed by atoms with Crippen molar-refractivity contribution in [3.63, 3.8) is 0 Å². The van der Waals surface area contributed by atoms with Crippen molar-refractivity contribution in [3.8, 4) is 23.0 Å². The Morgan fingerprint density at radius 2 is 0.772 bits per heavy atom. The van der Waals surface area contributed by atoms with Gasteiger partial charge in [0.2, 0.25) is 0 Å². The molecule has 0 aliphatic carbocycles. The van der Waals surface area contributed by atoms with Crippen LogP contribution < -0.4 is 18.9 Å². The third-order valence-corrected chi connectivity index (χ3v) is 11.1. The van der Waals surface area contributed by atoms with Crippen LogP contribution in [0.3, 0.4) is 0 Å². The molecule has 0 aliphatic heterocycles. The molecule has 0 aliphatic rings. The molecule has 0 bridgehead atoms. The first-order chi connectivity index (χ1) is 42.3. The van der Waals surface area contributed by atoms with Crippen molar-refractivity contribution in [2.24, 2.45) is 0 Å². The molecule has 8 aromatic rings. The fourth-order valence-electron chi connectivity index (χ4n) is 6.30. The van der Waals surface area contributed by atoms with Gasteiger partial charge in [0.25, 0.3) is 0 Å². The highest BCUT2D eigenvalue weighted by molar-refractivity contribution is 6.31. The van der Waals surface area contributed by atoms with Gasteiger partial charge in [-0.25, -0.2) is 26.3 Å². The number of aryl methyl sites for hydroxylation is 8. The van der Waals surface area contributed by atoms with Gasteiger partial charge in [0.15, 0.2) is 23.3 Å². The van der Waals surface area contributed by atoms with E-state index in [4.69, 9.17) is 11.6 Å². The van der Waals surface area contributed by atoms with Gasteiger partial charge in [-0.2, -0.15) is 65.9 Å². The largest absolute Gasteiger partial charge is 0.573 e. The van der Waals surface area contributed by atoms with Gasteiger partial charge < -0.3 is 18.9 Å². The Balaban J connectivity index is 0.000000527. The van der Waals surface area contributed by atoms with Crippen LogP contribution in [0, 0.1) is 90.3 Å². The van der Waals surface area contributed by atoms with Crippen LogP contribution in [0.25, 0.3) is 0 Å². The summed E-state index contributed by atoms with van der Waals surface area (Å²) in [6.07, 6.45) is -18.9. The topological polar surface area (TPSA) is 36.9 Å². The van der Waals surface area contributed by atoms with Crippen molar-refractivity contribution in [2.75, 3.05) is 0 Å². The van der Waals surface area contributed by atoms with E-state index in [0.29, 0.717) is 39.9 Å². The van der Waals surface area contributed by atoms with Crippen LogP contribution in [0.5, 0.6) is 23.0 Å². The molecule has 8 aromatic carbocycles. The first kappa shape index (κ1) is 81.6. The molecular weight excluding hydrogens is 1310 g/mol. The summed E-state index contributed by atoms with van der Waals surface area (Å²) in [6.45, 7) is 4.58. The number of rotatable bonds is 7. The third kappa shape index (κ3) is 32.5. The fourth-order valence-corrected chi connectivity index (χ4v) is 6.47. The van der Waals surface area contributed by atoms with Crippen LogP contribution in [-0.4, -0.2) is 26.2 Å². The van der Waals surface area contributed by atoms with E-state index in [9.17, 15) is 105 Å². The Hall–Kier alpha value is -8.43. The first-order valence-corrected chi connectivity index (χ1v) is 25.8. The zero-order valence-electron chi connectivity index (χ0n) is 48.8. The summed E-state index contributed by atoms with van der Waals surface area (Å²) in [6, 6.07) is 35.5. The Morgan fingerprint density at radius 1 is 0.326 bits per heavy atom. The van der Waals surface area contributed by atoms with Gasteiger partial charge in [-0.3, -0.25) is 0 Å². The number of halogens is 25. The highest BCUT2D eigenvalue weighted by Crippen LogP contribution is 2.35. The summed E-state index contributed by atoms with van der Waals surface area (Å²) in [4.78, 5) is 0. The lowest BCUT2D eigenvalue weighted by Crippen LogP contribution is -2.17. The second kappa shape index (κ2) is 37.8. The van der Waals surface area contributed by atoms with E-state index < -0.39 is 90.5 Å². The predicted molar refractivity (Wildman–Crippen MR) is 296 cm³/mol. The van der Waals surface area contributed by atoms with E-state index in [1.807, 2.05) is 26.8 Å². The molecule has 0 saturated carbocycles. The minimum Gasteiger partial charge on any atom is -0.435 e. The number of ether oxygens (including phenoxy) is 4. The number of alkyl halides is 18. The van der Waals surface area contributed by atoms with Crippen molar-refractivity contribution in [3.05, 3.63) is 259 Å². The second-order valence-electron chi connectivity index (χ2n) is 18.4. The minimum absolute atomic E-state index is 0.0335. The highest BCUT2D eigenvalue weighted by Gasteiger charge is 2.37. The number of hydrogen-bond donors (Lipinski definition) is 0. The Morgan fingerprint density at radius 3 is 1.22 bits per heavy atom. The maximum absolute atomic E-state index is 12.7. The summed E-state index contributed by atoms with van der Waals surface area (Å²) in [5.74, 6) is -7.63. The number of hydrogen-bond acceptors (Lipinski definition) is 4. The molecule has 0 saturated heterocycles. The van der Waals surface area contributed by atoms with Gasteiger partial charge in [-0.05, 0) is 173 Å². The maximum atomic E-state index is 12.7. The van der Waals surface area contributed by atoms with Crippen LogP contribution in [0.1, 0.15) is 61.2 Å². The molecule has 8 rings (SSSR count). The van der Waals surface area contributed by atoms with Crippen molar-refractivity contribution in [2.45, 2.75) is 100 Å². The molecule has 0 spiro atoms. The molecule has 4 nitrogen and oxygen atoms in total. The molecule has 0 amide bonds. The van der Waals surface area contributed by atoms with E-state index >= 15 is 0 Å². The zero-order chi connectivity index (χ0) is 70.6. The Kier molecular flexibility index (Phi) is 33.5. The minimum atomic E-state index is -4.85. The van der Waals surface area contributed by atoms with Gasteiger partial charge >= 0.3 is 44.7 Å². The third-order valence-electron chi connectivity index (χ3n) is 10.7. The Bertz CT molecular complexity index is 3500. The van der Waals surface area contributed by atoms with Crippen LogP contribution in [0.4, 0.5) is 105 Å². The van der Waals surface area contributed by atoms with E-state index in [1.54, 1.807) is 74.5 Å². The van der Waals surface area contributed by atoms with E-state index in [-0.39, 0.29) is 39.9 Å². The van der Waals surface area contributed by atoms with Crippen molar-refractivity contribution in [1.29, 1.82) is 0 Å². The van der Waals surface area contributed by atoms with Gasteiger partial charge in [0, 0.05) is 5.02 Å². The number of para-hydroxylation sites is 2. The van der Waals surface area contributed by atoms with Crippen LogP contribution in [0.15, 0.2) is 158 Å². The fraction of sp³-hybridized carbons (Fsp3) is 0.238. The lowest BCUT2D eigenvalue weighted by molar-refractivity contribution is -0.274. The molecule has 0 fully saturated rings. The predicted octanol–water partition coefficient (Wildman–Crippen LogP) is 23.2. The molecule has 0 heterocycles. The molecule has 504 valence electrons. The smallest absolute Gasteiger partial charge is 0.435 e. The summed E-state index contributed by atoms with van der Waals surface area (Å²) in [5.41, 5.74) is 0.0152. The van der Waals surface area contributed by atoms with Gasteiger partial charge in [0.1, 0.15) is 34.6 Å². The summed E-state index contributed by atoms with van der Waals surface area (Å²) < 4.78 is 304. The average Bonchev–Trinajstić information content (AvgIpc) is 0.889. The normalized spacial score (nSPS) is 11.0. The molecule has 0 atom stereocenters. The second-order valence-corrected chi connectivity index (χ2v) is 18.8. The Labute approximate surface area is 516 Å². The average molecular weight is 1370 g/mol. The van der Waals surface area contributed by atoms with Gasteiger partial charge in [0.05, 0.1) is 16.7 Å². The SMILES string of the molecule is Cc1cc(F)c(F)c(C(F)(F)F)c1.Cc1ccc(C(F)(F)F)c(F)c1.Cc1ccc(C(F)(F)F)c(F)c1F.Cc1ccc(F)cc1Cl.Cc1ccc(OC(F)F)cc1.Cc1cccc(OC(F)F)c1.Cc1ccccc1OC(F)(F)F.Cc1ccccc1OC(F)F. The number of benzene rings is 8. The standard InChI is InChI=1S/2C8H5F5.C8H6F4.C8H7F3O.3C8H8F2O.C7H6ClF/c1-4-2-5(8(11,12)13)7(10)6(9)3-4;1-4-2-3-5(8(11,12)13)7(10)6(4)9;1-5-2-3-6(7(9)4-5)8(10,11)12;1-6-4-2-3-5-7(6)12-8(9,10)11;1-6-2-4-7(5-3-6)11-8(9)10;1-6-3-2-4-7(5-6)11-8(9)10;1-6-4-2-3-5-7(6)11-8(9)10;1-5-2-3-6(9)4-7(5)8/h2*2-3H,1H3;2-4H,1H3;2-5H,1H3;3*2-5,8H,1H3;2-4H,1H3. The molecule has 0 unspecified atom stereocenters. The van der Waals surface area contributed by atoms with E-state index in [2.05, 4.69) is 18.9 Å². The van der Waals surface area contributed by atoms with Crippen molar-refractivity contribution in [1.82, 2.24) is 0 Å². The van der Waals surface area contributed by atoms with Gasteiger partial charge in [-0.1, -0.05) is 96.0 Å². The van der Waals surface area contributed by atoms with Crippen LogP contribution in [-0.2, 0) is 18.5 Å². The molecule has 0 radical (unpaired) electrons. The summed E-state index contributed by atoms with van der Waals surface area (Å²) in [7, 11) is 0. The molecule has 92 heavy (non-hydrogen) atoms. The molecule has 29 heteroatoms. The summed E-state index contributed by atoms with van der Waals surface area (Å²) in [5, 5.41) is 0.481. The summed E-state index contributed by atoms with van der Waals surface area (Å²) >= 11 is 5.57. The lowest BCUT2D eigenvalue weighted by Gasteiger charge is -2.10. The quantitative estimate of drug-likeness (QED) is 0.149. The molecule has 0 aromatic heterocycles. The first-order valence-electron chi connectivity index (χ1n) is 25.5. The maximum Gasteiger partial charge on any atom is 0.573 e. The van der Waals surface area contributed by atoms with Crippen LogP contribution >= 0.6 is 11.6 Å². The van der Waals surface area contributed by atoms with E-state index in [1.165, 1.54) is 75.4 Å². The van der Waals surface area contributed by atoms with Crippen molar-refractivity contribution >= 4 is 11.6 Å².